The third kappa shape index (κ3) is 3.82. The SMILES string of the molecule is COc1ccc(-c2ccncc2)cc1CN1CCC[C@H](C(=O)O)[C@@H]1C. The van der Waals surface area contributed by atoms with Crippen LogP contribution in [-0.4, -0.2) is 40.7 Å². The Morgan fingerprint density at radius 2 is 2.04 bits per heavy atom. The van der Waals surface area contributed by atoms with Crippen LogP contribution in [-0.2, 0) is 11.3 Å². The van der Waals surface area contributed by atoms with Gasteiger partial charge in [-0.15, -0.1) is 0 Å². The molecule has 1 aromatic carbocycles. The van der Waals surface area contributed by atoms with E-state index in [1.54, 1.807) is 19.5 Å². The Balaban J connectivity index is 1.87. The summed E-state index contributed by atoms with van der Waals surface area (Å²) in [5, 5.41) is 9.43. The smallest absolute Gasteiger partial charge is 0.308 e. The van der Waals surface area contributed by atoms with Crippen molar-refractivity contribution in [2.75, 3.05) is 13.7 Å². The lowest BCUT2D eigenvalue weighted by molar-refractivity contribution is -0.145. The predicted molar refractivity (Wildman–Crippen MR) is 96.5 cm³/mol. The largest absolute Gasteiger partial charge is 0.496 e. The Hall–Kier alpha value is -2.40. The van der Waals surface area contributed by atoms with Gasteiger partial charge in [0.05, 0.1) is 13.0 Å². The monoisotopic (exact) mass is 340 g/mol. The number of pyridine rings is 1. The number of likely N-dealkylation sites (tertiary alicyclic amines) is 1. The summed E-state index contributed by atoms with van der Waals surface area (Å²) >= 11 is 0. The summed E-state index contributed by atoms with van der Waals surface area (Å²) < 4.78 is 5.53. The van der Waals surface area contributed by atoms with Crippen LogP contribution in [0.25, 0.3) is 11.1 Å². The molecule has 25 heavy (non-hydrogen) atoms. The van der Waals surface area contributed by atoms with Crippen molar-refractivity contribution in [2.24, 2.45) is 5.92 Å². The number of aliphatic carboxylic acids is 1. The predicted octanol–water partition coefficient (Wildman–Crippen LogP) is 3.44. The summed E-state index contributed by atoms with van der Waals surface area (Å²) in [5.74, 6) is -0.166. The minimum atomic E-state index is -0.699. The molecule has 5 heteroatoms. The quantitative estimate of drug-likeness (QED) is 0.903. The number of piperidine rings is 1. The molecule has 2 aromatic rings. The summed E-state index contributed by atoms with van der Waals surface area (Å²) in [6.45, 7) is 3.61. The first-order chi connectivity index (χ1) is 12.1. The highest BCUT2D eigenvalue weighted by Gasteiger charge is 2.33. The van der Waals surface area contributed by atoms with E-state index in [1.165, 1.54) is 0 Å². The molecular formula is C20H24N2O3. The molecule has 0 aliphatic carbocycles. The van der Waals surface area contributed by atoms with E-state index in [0.29, 0.717) is 6.54 Å². The minimum absolute atomic E-state index is 0.0144. The zero-order valence-electron chi connectivity index (χ0n) is 14.7. The zero-order chi connectivity index (χ0) is 17.8. The third-order valence-electron chi connectivity index (χ3n) is 5.10. The van der Waals surface area contributed by atoms with Crippen LogP contribution in [0.3, 0.4) is 0 Å². The summed E-state index contributed by atoms with van der Waals surface area (Å²) in [6, 6.07) is 10.1. The number of carbonyl (C=O) groups is 1. The summed E-state index contributed by atoms with van der Waals surface area (Å²) in [4.78, 5) is 17.8. The molecule has 1 aromatic heterocycles. The van der Waals surface area contributed by atoms with Gasteiger partial charge in [-0.3, -0.25) is 14.7 Å². The molecule has 1 aliphatic rings. The van der Waals surface area contributed by atoms with E-state index < -0.39 is 5.97 Å². The van der Waals surface area contributed by atoms with Gasteiger partial charge in [0.2, 0.25) is 0 Å². The Morgan fingerprint density at radius 3 is 2.72 bits per heavy atom. The van der Waals surface area contributed by atoms with Gasteiger partial charge in [0.15, 0.2) is 0 Å². The topological polar surface area (TPSA) is 62.7 Å². The number of methoxy groups -OCH3 is 1. The van der Waals surface area contributed by atoms with Gasteiger partial charge in [0.1, 0.15) is 5.75 Å². The Morgan fingerprint density at radius 1 is 1.28 bits per heavy atom. The van der Waals surface area contributed by atoms with Crippen LogP contribution in [0.15, 0.2) is 42.7 Å². The molecule has 5 nitrogen and oxygen atoms in total. The van der Waals surface area contributed by atoms with Crippen LogP contribution in [0.4, 0.5) is 0 Å². The van der Waals surface area contributed by atoms with Gasteiger partial charge in [0.25, 0.3) is 0 Å². The second kappa shape index (κ2) is 7.66. The third-order valence-corrected chi connectivity index (χ3v) is 5.10. The van der Waals surface area contributed by atoms with Crippen molar-refractivity contribution in [3.05, 3.63) is 48.3 Å². The van der Waals surface area contributed by atoms with Gasteiger partial charge >= 0.3 is 5.97 Å². The maximum absolute atomic E-state index is 11.5. The van der Waals surface area contributed by atoms with Gasteiger partial charge in [-0.2, -0.15) is 0 Å². The number of hydrogen-bond acceptors (Lipinski definition) is 4. The van der Waals surface area contributed by atoms with Gasteiger partial charge in [-0.25, -0.2) is 0 Å². The fraction of sp³-hybridized carbons (Fsp3) is 0.400. The number of hydrogen-bond donors (Lipinski definition) is 1. The Bertz CT molecular complexity index is 733. The van der Waals surface area contributed by atoms with Gasteiger partial charge in [-0.05, 0) is 61.7 Å². The average molecular weight is 340 g/mol. The zero-order valence-corrected chi connectivity index (χ0v) is 14.7. The number of carboxylic acid groups (broad SMARTS) is 1. The Kier molecular flexibility index (Phi) is 5.34. The molecule has 132 valence electrons. The molecule has 1 N–H and O–H groups in total. The minimum Gasteiger partial charge on any atom is -0.496 e. The number of rotatable bonds is 5. The van der Waals surface area contributed by atoms with Crippen molar-refractivity contribution in [1.29, 1.82) is 0 Å². The molecule has 0 spiro atoms. The molecule has 0 bridgehead atoms. The van der Waals surface area contributed by atoms with Gasteiger partial charge < -0.3 is 9.84 Å². The summed E-state index contributed by atoms with van der Waals surface area (Å²) in [7, 11) is 1.67. The lowest BCUT2D eigenvalue weighted by Gasteiger charge is -2.37. The lowest BCUT2D eigenvalue weighted by atomic mass is 9.90. The molecule has 1 aliphatic heterocycles. The van der Waals surface area contributed by atoms with Crippen LogP contribution in [0.5, 0.6) is 5.75 Å². The molecule has 0 radical (unpaired) electrons. The number of aromatic nitrogens is 1. The van der Waals surface area contributed by atoms with Gasteiger partial charge in [0, 0.05) is 30.5 Å². The second-order valence-electron chi connectivity index (χ2n) is 6.56. The molecule has 0 saturated carbocycles. The highest BCUT2D eigenvalue weighted by molar-refractivity contribution is 5.71. The summed E-state index contributed by atoms with van der Waals surface area (Å²) in [5.41, 5.74) is 3.29. The lowest BCUT2D eigenvalue weighted by Crippen LogP contribution is -2.45. The second-order valence-corrected chi connectivity index (χ2v) is 6.56. The molecule has 1 saturated heterocycles. The highest BCUT2D eigenvalue weighted by atomic mass is 16.5. The van der Waals surface area contributed by atoms with Crippen LogP contribution in [0, 0.1) is 5.92 Å². The summed E-state index contributed by atoms with van der Waals surface area (Å²) in [6.07, 6.45) is 5.22. The van der Waals surface area contributed by atoms with Crippen molar-refractivity contribution < 1.29 is 14.6 Å². The first-order valence-corrected chi connectivity index (χ1v) is 8.64. The van der Waals surface area contributed by atoms with E-state index >= 15 is 0 Å². The van der Waals surface area contributed by atoms with Crippen LogP contribution >= 0.6 is 0 Å². The molecule has 0 amide bonds. The molecular weight excluding hydrogens is 316 g/mol. The van der Waals surface area contributed by atoms with E-state index in [2.05, 4.69) is 16.0 Å². The fourth-order valence-corrected chi connectivity index (χ4v) is 3.61. The van der Waals surface area contributed by atoms with Crippen LogP contribution in [0.1, 0.15) is 25.3 Å². The number of nitrogens with zero attached hydrogens (tertiary/aromatic N) is 2. The molecule has 2 atom stereocenters. The first kappa shape index (κ1) is 17.4. The van der Waals surface area contributed by atoms with E-state index in [-0.39, 0.29) is 12.0 Å². The molecule has 0 unspecified atom stereocenters. The maximum Gasteiger partial charge on any atom is 0.308 e. The van der Waals surface area contributed by atoms with E-state index in [9.17, 15) is 9.90 Å². The van der Waals surface area contributed by atoms with Crippen molar-refractivity contribution >= 4 is 5.97 Å². The van der Waals surface area contributed by atoms with E-state index in [1.807, 2.05) is 31.2 Å². The maximum atomic E-state index is 11.5. The van der Waals surface area contributed by atoms with Gasteiger partial charge in [-0.1, -0.05) is 6.07 Å². The highest BCUT2D eigenvalue weighted by Crippen LogP contribution is 2.31. The van der Waals surface area contributed by atoms with Crippen LogP contribution in [0.2, 0.25) is 0 Å². The standard InChI is InChI=1S/C20H24N2O3/c1-14-18(20(23)24)4-3-11-22(14)13-17-12-16(5-6-19(17)25-2)15-7-9-21-10-8-15/h5-10,12,14,18H,3-4,11,13H2,1-2H3,(H,23,24)/t14-,18-/m0/s1. The van der Waals surface area contributed by atoms with Crippen molar-refractivity contribution in [2.45, 2.75) is 32.4 Å². The number of ether oxygens (including phenoxy) is 1. The van der Waals surface area contributed by atoms with Crippen molar-refractivity contribution in [3.63, 3.8) is 0 Å². The Labute approximate surface area is 148 Å². The van der Waals surface area contributed by atoms with E-state index in [4.69, 9.17) is 4.74 Å². The van der Waals surface area contributed by atoms with Crippen molar-refractivity contribution in [3.8, 4) is 16.9 Å². The molecule has 2 heterocycles. The van der Waals surface area contributed by atoms with E-state index in [0.717, 1.165) is 41.8 Å². The van der Waals surface area contributed by atoms with Crippen LogP contribution < -0.4 is 4.74 Å². The molecule has 1 fully saturated rings. The normalized spacial score (nSPS) is 21.0. The number of carboxylic acids is 1. The number of benzene rings is 1. The average Bonchev–Trinajstić information content (AvgIpc) is 2.64. The first-order valence-electron chi connectivity index (χ1n) is 8.64. The molecule has 3 rings (SSSR count). The van der Waals surface area contributed by atoms with Crippen molar-refractivity contribution in [1.82, 2.24) is 9.88 Å². The fourth-order valence-electron chi connectivity index (χ4n) is 3.61.